The molecular formula is C17H27N3O3. The summed E-state index contributed by atoms with van der Waals surface area (Å²) >= 11 is 0. The lowest BCUT2D eigenvalue weighted by molar-refractivity contribution is -0.0138. The zero-order valence-electron chi connectivity index (χ0n) is 14.3. The summed E-state index contributed by atoms with van der Waals surface area (Å²) in [6.07, 6.45) is 4.09. The third-order valence-electron chi connectivity index (χ3n) is 4.82. The van der Waals surface area contributed by atoms with Crippen molar-refractivity contribution in [2.75, 3.05) is 19.8 Å². The lowest BCUT2D eigenvalue weighted by atomic mass is 9.96. The fraction of sp³-hybridized carbons (Fsp3) is 0.765. The molecule has 1 amide bonds. The Morgan fingerprint density at radius 3 is 2.78 bits per heavy atom. The van der Waals surface area contributed by atoms with E-state index in [1.54, 1.807) is 4.68 Å². The highest BCUT2D eigenvalue weighted by molar-refractivity contribution is 5.92. The van der Waals surface area contributed by atoms with E-state index < -0.39 is 0 Å². The van der Waals surface area contributed by atoms with Gasteiger partial charge >= 0.3 is 0 Å². The van der Waals surface area contributed by atoms with E-state index in [0.717, 1.165) is 44.6 Å². The number of aryl methyl sites for hydroxylation is 1. The predicted octanol–water partition coefficient (Wildman–Crippen LogP) is 2.00. The molecule has 2 fully saturated rings. The normalized spacial score (nSPS) is 24.7. The fourth-order valence-corrected chi connectivity index (χ4v) is 3.41. The van der Waals surface area contributed by atoms with Crippen molar-refractivity contribution in [1.82, 2.24) is 15.1 Å². The molecule has 1 atom stereocenters. The van der Waals surface area contributed by atoms with Crippen LogP contribution in [0.15, 0.2) is 6.07 Å². The van der Waals surface area contributed by atoms with Gasteiger partial charge in [-0.2, -0.15) is 5.10 Å². The second-order valence-corrected chi connectivity index (χ2v) is 7.21. The van der Waals surface area contributed by atoms with E-state index in [2.05, 4.69) is 24.3 Å². The van der Waals surface area contributed by atoms with Crippen molar-refractivity contribution in [2.24, 2.45) is 7.05 Å². The highest BCUT2D eigenvalue weighted by Crippen LogP contribution is 2.29. The SMILES string of the molecule is Cn1nc(C2CCOCC2)cc1C(=O)NC[C@H]1CCC(C)(C)O1. The smallest absolute Gasteiger partial charge is 0.269 e. The monoisotopic (exact) mass is 321 g/mol. The first-order valence-corrected chi connectivity index (χ1v) is 8.52. The van der Waals surface area contributed by atoms with Crippen LogP contribution in [0.2, 0.25) is 0 Å². The van der Waals surface area contributed by atoms with Crippen LogP contribution >= 0.6 is 0 Å². The van der Waals surface area contributed by atoms with Gasteiger partial charge < -0.3 is 14.8 Å². The molecular weight excluding hydrogens is 294 g/mol. The lowest BCUT2D eigenvalue weighted by Crippen LogP contribution is -2.34. The molecule has 0 bridgehead atoms. The average molecular weight is 321 g/mol. The first-order valence-electron chi connectivity index (χ1n) is 8.52. The summed E-state index contributed by atoms with van der Waals surface area (Å²) in [7, 11) is 1.83. The van der Waals surface area contributed by atoms with Gasteiger partial charge in [-0.15, -0.1) is 0 Å². The molecule has 23 heavy (non-hydrogen) atoms. The summed E-state index contributed by atoms with van der Waals surface area (Å²) < 4.78 is 13.0. The van der Waals surface area contributed by atoms with Gasteiger partial charge in [0.1, 0.15) is 5.69 Å². The molecule has 6 nitrogen and oxygen atoms in total. The van der Waals surface area contributed by atoms with Gasteiger partial charge in [0.15, 0.2) is 0 Å². The number of carbonyl (C=O) groups excluding carboxylic acids is 1. The average Bonchev–Trinajstić information content (AvgIpc) is 3.08. The maximum absolute atomic E-state index is 12.4. The zero-order valence-corrected chi connectivity index (χ0v) is 14.3. The van der Waals surface area contributed by atoms with Crippen molar-refractivity contribution in [1.29, 1.82) is 0 Å². The van der Waals surface area contributed by atoms with Crippen LogP contribution in [-0.2, 0) is 16.5 Å². The molecule has 0 aliphatic carbocycles. The second kappa shape index (κ2) is 6.61. The van der Waals surface area contributed by atoms with E-state index in [9.17, 15) is 4.79 Å². The van der Waals surface area contributed by atoms with Gasteiger partial charge in [-0.25, -0.2) is 0 Å². The van der Waals surface area contributed by atoms with Crippen LogP contribution in [0.1, 0.15) is 61.6 Å². The van der Waals surface area contributed by atoms with Crippen LogP contribution < -0.4 is 5.32 Å². The topological polar surface area (TPSA) is 65.4 Å². The first-order chi connectivity index (χ1) is 10.9. The summed E-state index contributed by atoms with van der Waals surface area (Å²) in [4.78, 5) is 12.4. The van der Waals surface area contributed by atoms with Gasteiger partial charge in [-0.3, -0.25) is 9.48 Å². The number of hydrogen-bond acceptors (Lipinski definition) is 4. The van der Waals surface area contributed by atoms with E-state index in [-0.39, 0.29) is 17.6 Å². The highest BCUT2D eigenvalue weighted by Gasteiger charge is 2.32. The number of rotatable bonds is 4. The number of ether oxygens (including phenoxy) is 2. The molecule has 0 spiro atoms. The second-order valence-electron chi connectivity index (χ2n) is 7.21. The van der Waals surface area contributed by atoms with Crippen LogP contribution in [0.4, 0.5) is 0 Å². The Kier molecular flexibility index (Phi) is 4.73. The van der Waals surface area contributed by atoms with Gasteiger partial charge in [-0.1, -0.05) is 0 Å². The molecule has 0 radical (unpaired) electrons. The Morgan fingerprint density at radius 1 is 1.39 bits per heavy atom. The third-order valence-corrected chi connectivity index (χ3v) is 4.82. The van der Waals surface area contributed by atoms with Crippen LogP contribution in [-0.4, -0.2) is 47.2 Å². The Balaban J connectivity index is 1.58. The number of nitrogens with one attached hydrogen (secondary N) is 1. The number of aromatic nitrogens is 2. The summed E-state index contributed by atoms with van der Waals surface area (Å²) in [5, 5.41) is 7.51. The molecule has 3 rings (SSSR count). The Bertz CT molecular complexity index is 561. The van der Waals surface area contributed by atoms with Crippen molar-refractivity contribution >= 4 is 5.91 Å². The van der Waals surface area contributed by atoms with E-state index in [1.165, 1.54) is 0 Å². The maximum atomic E-state index is 12.4. The molecule has 128 valence electrons. The van der Waals surface area contributed by atoms with Gasteiger partial charge in [-0.05, 0) is 45.6 Å². The Hall–Kier alpha value is -1.40. The van der Waals surface area contributed by atoms with Crippen LogP contribution in [0.5, 0.6) is 0 Å². The quantitative estimate of drug-likeness (QED) is 0.921. The summed E-state index contributed by atoms with van der Waals surface area (Å²) in [5.74, 6) is 0.321. The number of carbonyl (C=O) groups is 1. The molecule has 2 aliphatic heterocycles. The molecule has 0 saturated carbocycles. The summed E-state index contributed by atoms with van der Waals surface area (Å²) in [6, 6.07) is 1.92. The molecule has 1 N–H and O–H groups in total. The van der Waals surface area contributed by atoms with Gasteiger partial charge in [0, 0.05) is 32.7 Å². The lowest BCUT2D eigenvalue weighted by Gasteiger charge is -2.19. The van der Waals surface area contributed by atoms with Gasteiger partial charge in [0.05, 0.1) is 17.4 Å². The molecule has 0 unspecified atom stereocenters. The van der Waals surface area contributed by atoms with E-state index in [0.29, 0.717) is 18.2 Å². The van der Waals surface area contributed by atoms with Gasteiger partial charge in [0.2, 0.25) is 0 Å². The highest BCUT2D eigenvalue weighted by atomic mass is 16.5. The van der Waals surface area contributed by atoms with Crippen molar-refractivity contribution in [3.8, 4) is 0 Å². The Labute approximate surface area is 137 Å². The standard InChI is InChI=1S/C17H27N3O3/c1-17(2)7-4-13(23-17)11-18-16(21)15-10-14(19-20(15)3)12-5-8-22-9-6-12/h10,12-13H,4-9,11H2,1-3H3,(H,18,21)/t13-/m1/s1. The fourth-order valence-electron chi connectivity index (χ4n) is 3.41. The largest absolute Gasteiger partial charge is 0.381 e. The van der Waals surface area contributed by atoms with Gasteiger partial charge in [0.25, 0.3) is 5.91 Å². The first kappa shape index (κ1) is 16.5. The maximum Gasteiger partial charge on any atom is 0.269 e. The molecule has 1 aromatic rings. The third kappa shape index (κ3) is 3.93. The number of amides is 1. The summed E-state index contributed by atoms with van der Waals surface area (Å²) in [6.45, 7) is 6.29. The van der Waals surface area contributed by atoms with E-state index in [1.807, 2.05) is 13.1 Å². The molecule has 6 heteroatoms. The number of hydrogen-bond donors (Lipinski definition) is 1. The van der Waals surface area contributed by atoms with Crippen molar-refractivity contribution in [3.63, 3.8) is 0 Å². The minimum Gasteiger partial charge on any atom is -0.381 e. The van der Waals surface area contributed by atoms with Crippen LogP contribution in [0.3, 0.4) is 0 Å². The Morgan fingerprint density at radius 2 is 2.13 bits per heavy atom. The minimum atomic E-state index is -0.0772. The predicted molar refractivity (Wildman–Crippen MR) is 86.5 cm³/mol. The molecule has 1 aromatic heterocycles. The van der Waals surface area contributed by atoms with Crippen molar-refractivity contribution in [3.05, 3.63) is 17.5 Å². The minimum absolute atomic E-state index is 0.0713. The molecule has 2 aliphatic rings. The molecule has 0 aromatic carbocycles. The van der Waals surface area contributed by atoms with Crippen molar-refractivity contribution < 1.29 is 14.3 Å². The zero-order chi connectivity index (χ0) is 16.4. The summed E-state index contributed by atoms with van der Waals surface area (Å²) in [5.41, 5.74) is 1.54. The molecule has 3 heterocycles. The molecule has 2 saturated heterocycles. The van der Waals surface area contributed by atoms with Crippen molar-refractivity contribution in [2.45, 2.75) is 57.2 Å². The van der Waals surface area contributed by atoms with E-state index >= 15 is 0 Å². The van der Waals surface area contributed by atoms with E-state index in [4.69, 9.17) is 9.47 Å². The van der Waals surface area contributed by atoms with Crippen LogP contribution in [0, 0.1) is 0 Å². The number of nitrogens with zero attached hydrogens (tertiary/aromatic N) is 2. The van der Waals surface area contributed by atoms with Crippen LogP contribution in [0.25, 0.3) is 0 Å².